The first-order valence-electron chi connectivity index (χ1n) is 5.23. The van der Waals surface area contributed by atoms with E-state index in [-0.39, 0.29) is 5.75 Å². The van der Waals surface area contributed by atoms with Crippen LogP contribution in [0.1, 0.15) is 24.5 Å². The lowest BCUT2D eigenvalue weighted by atomic mass is 10.1. The van der Waals surface area contributed by atoms with E-state index >= 15 is 0 Å². The van der Waals surface area contributed by atoms with Crippen LogP contribution in [0.15, 0.2) is 12.1 Å². The Morgan fingerprint density at radius 2 is 1.94 bits per heavy atom. The van der Waals surface area contributed by atoms with Gasteiger partial charge in [0.05, 0.1) is 11.4 Å². The number of hydrogen-bond acceptors (Lipinski definition) is 3. The van der Waals surface area contributed by atoms with Crippen molar-refractivity contribution in [3.05, 3.63) is 23.3 Å². The van der Waals surface area contributed by atoms with E-state index in [1.54, 1.807) is 6.07 Å². The first kappa shape index (κ1) is 12.8. The normalized spacial score (nSPS) is 11.4. The summed E-state index contributed by atoms with van der Waals surface area (Å²) in [6.45, 7) is 5.50. The summed E-state index contributed by atoms with van der Waals surface area (Å²) in [7, 11) is -3.25. The van der Waals surface area contributed by atoms with Gasteiger partial charge >= 0.3 is 0 Å². The largest absolute Gasteiger partial charge is 0.398 e. The van der Waals surface area contributed by atoms with E-state index in [4.69, 9.17) is 5.73 Å². The van der Waals surface area contributed by atoms with E-state index in [2.05, 4.69) is 4.72 Å². The maximum Gasteiger partial charge on any atom is 0.232 e. The first-order valence-corrected chi connectivity index (χ1v) is 6.88. The number of hydrogen-bond donors (Lipinski definition) is 2. The van der Waals surface area contributed by atoms with Crippen LogP contribution in [-0.2, 0) is 10.0 Å². The Morgan fingerprint density at radius 1 is 1.31 bits per heavy atom. The number of nitrogens with two attached hydrogens (primary N) is 1. The maximum atomic E-state index is 11.7. The Morgan fingerprint density at radius 3 is 2.50 bits per heavy atom. The van der Waals surface area contributed by atoms with Crippen LogP contribution < -0.4 is 10.5 Å². The minimum atomic E-state index is -3.25. The van der Waals surface area contributed by atoms with Gasteiger partial charge in [-0.2, -0.15) is 0 Å². The van der Waals surface area contributed by atoms with Gasteiger partial charge in [0.25, 0.3) is 0 Å². The third kappa shape index (κ3) is 2.88. The summed E-state index contributed by atoms with van der Waals surface area (Å²) < 4.78 is 25.9. The summed E-state index contributed by atoms with van der Waals surface area (Å²) in [5.41, 5.74) is 8.61. The van der Waals surface area contributed by atoms with Crippen LogP contribution in [-0.4, -0.2) is 14.2 Å². The summed E-state index contributed by atoms with van der Waals surface area (Å²) in [5.74, 6) is 0.126. The molecule has 0 spiro atoms. The second-order valence-corrected chi connectivity index (χ2v) is 5.73. The van der Waals surface area contributed by atoms with E-state index in [1.165, 1.54) is 0 Å². The molecular formula is C11H18N2O2S. The third-order valence-electron chi connectivity index (χ3n) is 2.45. The van der Waals surface area contributed by atoms with Gasteiger partial charge in [-0.05, 0) is 37.5 Å². The quantitative estimate of drug-likeness (QED) is 0.794. The lowest BCUT2D eigenvalue weighted by molar-refractivity contribution is 0.600. The highest BCUT2D eigenvalue weighted by atomic mass is 32.2. The van der Waals surface area contributed by atoms with Gasteiger partial charge in [0.2, 0.25) is 10.0 Å². The third-order valence-corrected chi connectivity index (χ3v) is 3.91. The van der Waals surface area contributed by atoms with E-state index in [0.29, 0.717) is 17.8 Å². The highest BCUT2D eigenvalue weighted by Gasteiger charge is 2.13. The van der Waals surface area contributed by atoms with Gasteiger partial charge in [-0.25, -0.2) is 8.42 Å². The van der Waals surface area contributed by atoms with Crippen molar-refractivity contribution >= 4 is 21.4 Å². The number of sulfonamides is 1. The maximum absolute atomic E-state index is 11.7. The molecule has 0 aliphatic rings. The fraction of sp³-hybridized carbons (Fsp3) is 0.455. The minimum Gasteiger partial charge on any atom is -0.398 e. The lowest BCUT2D eigenvalue weighted by Gasteiger charge is -2.14. The highest BCUT2D eigenvalue weighted by Crippen LogP contribution is 2.26. The summed E-state index contributed by atoms with van der Waals surface area (Å²) in [6, 6.07) is 3.59. The molecule has 16 heavy (non-hydrogen) atoms. The van der Waals surface area contributed by atoms with Crippen molar-refractivity contribution < 1.29 is 8.42 Å². The van der Waals surface area contributed by atoms with Crippen LogP contribution in [0.3, 0.4) is 0 Å². The molecule has 5 heteroatoms. The van der Waals surface area contributed by atoms with Crippen LogP contribution in [0.4, 0.5) is 11.4 Å². The average molecular weight is 242 g/mol. The zero-order valence-corrected chi connectivity index (χ0v) is 10.7. The first-order chi connectivity index (χ1) is 7.37. The molecule has 90 valence electrons. The fourth-order valence-corrected chi connectivity index (χ4v) is 2.76. The molecule has 0 unspecified atom stereocenters. The second-order valence-electron chi connectivity index (χ2n) is 3.89. The average Bonchev–Trinajstić information content (AvgIpc) is 2.19. The van der Waals surface area contributed by atoms with Crippen LogP contribution in [0.25, 0.3) is 0 Å². The highest BCUT2D eigenvalue weighted by molar-refractivity contribution is 7.92. The Balaban J connectivity index is 3.11. The van der Waals surface area contributed by atoms with E-state index in [0.717, 1.165) is 11.1 Å². The van der Waals surface area contributed by atoms with Gasteiger partial charge < -0.3 is 5.73 Å². The number of nitrogens with one attached hydrogen (secondary N) is 1. The van der Waals surface area contributed by atoms with Crippen molar-refractivity contribution in [3.8, 4) is 0 Å². The predicted octanol–water partition coefficient (Wildman–Crippen LogP) is 2.04. The summed E-state index contributed by atoms with van der Waals surface area (Å²) >= 11 is 0. The second kappa shape index (κ2) is 4.74. The standard InChI is InChI=1S/C11H18N2O2S/c1-4-7-16(14,15)13-11-8(2)5-6-10(12)9(11)3/h5-6,13H,4,7,12H2,1-3H3. The topological polar surface area (TPSA) is 72.2 Å². The Kier molecular flexibility index (Phi) is 3.80. The van der Waals surface area contributed by atoms with Crippen LogP contribution >= 0.6 is 0 Å². The molecule has 0 bridgehead atoms. The number of aryl methyl sites for hydroxylation is 1. The van der Waals surface area contributed by atoms with Gasteiger partial charge in [-0.15, -0.1) is 0 Å². The Bertz CT molecular complexity index is 481. The Hall–Kier alpha value is -1.23. The molecule has 1 aromatic rings. The predicted molar refractivity (Wildman–Crippen MR) is 68.0 cm³/mol. The number of rotatable bonds is 4. The smallest absolute Gasteiger partial charge is 0.232 e. The molecule has 3 N–H and O–H groups in total. The molecule has 0 aliphatic heterocycles. The molecule has 0 radical (unpaired) electrons. The van der Waals surface area contributed by atoms with Gasteiger partial charge in [0, 0.05) is 5.69 Å². The van der Waals surface area contributed by atoms with Crippen molar-refractivity contribution in [3.63, 3.8) is 0 Å². The van der Waals surface area contributed by atoms with Gasteiger partial charge in [-0.1, -0.05) is 13.0 Å². The number of benzene rings is 1. The molecule has 0 aliphatic carbocycles. The number of anilines is 2. The van der Waals surface area contributed by atoms with Crippen LogP contribution in [0.2, 0.25) is 0 Å². The molecule has 1 rings (SSSR count). The molecule has 0 fully saturated rings. The van der Waals surface area contributed by atoms with Crippen molar-refractivity contribution in [2.45, 2.75) is 27.2 Å². The molecule has 0 aromatic heterocycles. The molecule has 0 amide bonds. The summed E-state index contributed by atoms with van der Waals surface area (Å²) in [5, 5.41) is 0. The fourth-order valence-electron chi connectivity index (χ4n) is 1.50. The van der Waals surface area contributed by atoms with Crippen LogP contribution in [0, 0.1) is 13.8 Å². The SMILES string of the molecule is CCCS(=O)(=O)Nc1c(C)ccc(N)c1C. The van der Waals surface area contributed by atoms with Crippen molar-refractivity contribution in [2.24, 2.45) is 0 Å². The molecule has 1 aromatic carbocycles. The van der Waals surface area contributed by atoms with Gasteiger partial charge in [0.1, 0.15) is 0 Å². The van der Waals surface area contributed by atoms with Crippen molar-refractivity contribution in [1.82, 2.24) is 0 Å². The zero-order valence-electron chi connectivity index (χ0n) is 9.87. The monoisotopic (exact) mass is 242 g/mol. The molecular weight excluding hydrogens is 224 g/mol. The molecule has 0 atom stereocenters. The van der Waals surface area contributed by atoms with Gasteiger partial charge in [0.15, 0.2) is 0 Å². The molecule has 0 heterocycles. The van der Waals surface area contributed by atoms with Gasteiger partial charge in [-0.3, -0.25) is 4.72 Å². The van der Waals surface area contributed by atoms with Crippen molar-refractivity contribution in [2.75, 3.05) is 16.2 Å². The Labute approximate surface area is 96.9 Å². The minimum absolute atomic E-state index is 0.126. The van der Waals surface area contributed by atoms with Crippen molar-refractivity contribution in [1.29, 1.82) is 0 Å². The van der Waals surface area contributed by atoms with E-state index in [9.17, 15) is 8.42 Å². The number of nitrogen functional groups attached to an aromatic ring is 1. The zero-order chi connectivity index (χ0) is 12.3. The molecule has 4 nitrogen and oxygen atoms in total. The van der Waals surface area contributed by atoms with Crippen LogP contribution in [0.5, 0.6) is 0 Å². The molecule has 0 saturated heterocycles. The summed E-state index contributed by atoms with van der Waals surface area (Å²) in [4.78, 5) is 0. The lowest BCUT2D eigenvalue weighted by Crippen LogP contribution is -2.17. The van der Waals surface area contributed by atoms with E-state index in [1.807, 2.05) is 26.8 Å². The summed E-state index contributed by atoms with van der Waals surface area (Å²) in [6.07, 6.45) is 0.593. The molecule has 0 saturated carbocycles. The van der Waals surface area contributed by atoms with E-state index < -0.39 is 10.0 Å².